The van der Waals surface area contributed by atoms with Crippen molar-refractivity contribution in [1.29, 1.82) is 0 Å². The molecule has 33 heavy (non-hydrogen) atoms. The van der Waals surface area contributed by atoms with Crippen LogP contribution in [0.15, 0.2) is 30.6 Å². The number of hydrogen-bond acceptors (Lipinski definition) is 6. The number of rotatable bonds is 6. The molecule has 1 aliphatic heterocycles. The number of nitrogens with zero attached hydrogens (tertiary/aromatic N) is 4. The number of aliphatic hydroxyl groups is 1. The molecule has 4 rings (SSSR count). The molecule has 2 N–H and O–H groups in total. The van der Waals surface area contributed by atoms with Gasteiger partial charge >= 0.3 is 0 Å². The number of hydrogen-bond donors (Lipinski definition) is 2. The van der Waals surface area contributed by atoms with Crippen molar-refractivity contribution in [2.45, 2.75) is 51.2 Å². The van der Waals surface area contributed by atoms with E-state index in [9.17, 15) is 9.90 Å². The molecule has 0 saturated carbocycles. The summed E-state index contributed by atoms with van der Waals surface area (Å²) in [4.78, 5) is 26.5. The quantitative estimate of drug-likeness (QED) is 0.640. The van der Waals surface area contributed by atoms with Gasteiger partial charge in [-0.2, -0.15) is 0 Å². The van der Waals surface area contributed by atoms with Crippen LogP contribution in [0.4, 0.5) is 5.82 Å². The van der Waals surface area contributed by atoms with Crippen molar-refractivity contribution in [3.05, 3.63) is 52.4 Å². The summed E-state index contributed by atoms with van der Waals surface area (Å²) < 4.78 is 0. The van der Waals surface area contributed by atoms with E-state index in [2.05, 4.69) is 41.0 Å². The summed E-state index contributed by atoms with van der Waals surface area (Å²) in [6, 6.07) is 7.87. The number of amides is 1. The van der Waals surface area contributed by atoms with Gasteiger partial charge in [-0.05, 0) is 30.0 Å². The van der Waals surface area contributed by atoms with E-state index in [1.165, 1.54) is 0 Å². The SMILES string of the molecule is CC(C)NCC(C(=O)N1CCN(c2ncnc3c2C(C)CC3O)CC1)c1ccc(Cl)cc1.Cl. The van der Waals surface area contributed by atoms with Crippen molar-refractivity contribution >= 4 is 35.7 Å². The van der Waals surface area contributed by atoms with Crippen molar-refractivity contribution < 1.29 is 9.90 Å². The maximum atomic E-state index is 13.5. The predicted molar refractivity (Wildman–Crippen MR) is 133 cm³/mol. The van der Waals surface area contributed by atoms with Crippen molar-refractivity contribution in [3.8, 4) is 0 Å². The van der Waals surface area contributed by atoms with E-state index in [4.69, 9.17) is 11.6 Å². The summed E-state index contributed by atoms with van der Waals surface area (Å²) in [5.74, 6) is 1.02. The summed E-state index contributed by atoms with van der Waals surface area (Å²) in [5.41, 5.74) is 2.79. The monoisotopic (exact) mass is 493 g/mol. The van der Waals surface area contributed by atoms with Gasteiger partial charge in [-0.3, -0.25) is 4.79 Å². The Hall–Kier alpha value is -1.93. The van der Waals surface area contributed by atoms with Crippen LogP contribution in [0, 0.1) is 0 Å². The molecule has 7 nitrogen and oxygen atoms in total. The lowest BCUT2D eigenvalue weighted by atomic mass is 9.96. The molecular formula is C24H33Cl2N5O2. The van der Waals surface area contributed by atoms with Gasteiger partial charge in [0, 0.05) is 49.4 Å². The molecule has 0 spiro atoms. The molecule has 1 fully saturated rings. The van der Waals surface area contributed by atoms with Gasteiger partial charge in [-0.15, -0.1) is 12.4 Å². The zero-order valence-electron chi connectivity index (χ0n) is 19.4. The summed E-state index contributed by atoms with van der Waals surface area (Å²) >= 11 is 6.06. The summed E-state index contributed by atoms with van der Waals surface area (Å²) in [7, 11) is 0. The molecule has 0 bridgehead atoms. The van der Waals surface area contributed by atoms with Gasteiger partial charge in [0.15, 0.2) is 0 Å². The van der Waals surface area contributed by atoms with Gasteiger partial charge in [0.25, 0.3) is 0 Å². The smallest absolute Gasteiger partial charge is 0.231 e. The molecule has 1 amide bonds. The molecule has 2 aromatic rings. The van der Waals surface area contributed by atoms with Crippen LogP contribution in [0.2, 0.25) is 5.02 Å². The number of anilines is 1. The van der Waals surface area contributed by atoms with E-state index in [0.717, 1.165) is 22.6 Å². The minimum atomic E-state index is -0.516. The van der Waals surface area contributed by atoms with Crippen LogP contribution >= 0.6 is 24.0 Å². The average Bonchev–Trinajstić information content (AvgIpc) is 3.08. The summed E-state index contributed by atoms with van der Waals surface area (Å²) in [5, 5.41) is 14.4. The third-order valence-corrected chi connectivity index (χ3v) is 6.72. The maximum Gasteiger partial charge on any atom is 0.231 e. The summed E-state index contributed by atoms with van der Waals surface area (Å²) in [6.45, 7) is 9.57. The second-order valence-corrected chi connectivity index (χ2v) is 9.56. The number of aromatic nitrogens is 2. The van der Waals surface area contributed by atoms with E-state index >= 15 is 0 Å². The number of carbonyl (C=O) groups excluding carboxylic acids is 1. The molecule has 1 saturated heterocycles. The Morgan fingerprint density at radius 1 is 1.18 bits per heavy atom. The highest BCUT2D eigenvalue weighted by Crippen LogP contribution is 2.42. The fraction of sp³-hybridized carbons (Fsp3) is 0.542. The van der Waals surface area contributed by atoms with Crippen LogP contribution in [-0.4, -0.2) is 64.6 Å². The largest absolute Gasteiger partial charge is 0.387 e. The molecule has 0 radical (unpaired) electrons. The van der Waals surface area contributed by atoms with Crippen LogP contribution in [0.25, 0.3) is 0 Å². The Kier molecular flexibility index (Phi) is 8.56. The first-order valence-electron chi connectivity index (χ1n) is 11.4. The fourth-order valence-electron chi connectivity index (χ4n) is 4.71. The molecule has 3 unspecified atom stereocenters. The minimum absolute atomic E-state index is 0. The van der Waals surface area contributed by atoms with Crippen molar-refractivity contribution in [3.63, 3.8) is 0 Å². The van der Waals surface area contributed by atoms with Crippen LogP contribution < -0.4 is 10.2 Å². The Bertz CT molecular complexity index is 948. The number of halogens is 2. The van der Waals surface area contributed by atoms with Crippen LogP contribution in [0.5, 0.6) is 0 Å². The van der Waals surface area contributed by atoms with Crippen molar-refractivity contribution in [1.82, 2.24) is 20.2 Å². The third kappa shape index (κ3) is 5.60. The predicted octanol–water partition coefficient (Wildman–Crippen LogP) is 3.52. The van der Waals surface area contributed by atoms with E-state index in [1.54, 1.807) is 6.33 Å². The first-order valence-corrected chi connectivity index (χ1v) is 11.8. The zero-order chi connectivity index (χ0) is 22.8. The highest BCUT2D eigenvalue weighted by atomic mass is 35.5. The van der Waals surface area contributed by atoms with Gasteiger partial charge < -0.3 is 20.2 Å². The second kappa shape index (κ2) is 11.0. The Morgan fingerprint density at radius 2 is 1.85 bits per heavy atom. The molecule has 1 aromatic heterocycles. The highest BCUT2D eigenvalue weighted by molar-refractivity contribution is 6.30. The van der Waals surface area contributed by atoms with Gasteiger partial charge in [-0.1, -0.05) is 44.5 Å². The number of piperazine rings is 1. The Balaban J connectivity index is 0.00000306. The van der Waals surface area contributed by atoms with Crippen molar-refractivity contribution in [2.24, 2.45) is 0 Å². The molecule has 1 aromatic carbocycles. The van der Waals surface area contributed by atoms with Gasteiger partial charge in [0.2, 0.25) is 5.91 Å². The molecule has 180 valence electrons. The van der Waals surface area contributed by atoms with Gasteiger partial charge in [0.1, 0.15) is 12.1 Å². The zero-order valence-corrected chi connectivity index (χ0v) is 20.9. The Labute approximate surface area is 207 Å². The lowest BCUT2D eigenvalue weighted by molar-refractivity contribution is -0.133. The number of benzene rings is 1. The topological polar surface area (TPSA) is 81.6 Å². The molecule has 9 heteroatoms. The standard InChI is InChI=1S/C24H32ClN5O2.ClH/c1-15(2)26-13-19(17-4-6-18(25)7-5-17)24(32)30-10-8-29(9-11-30)23-21-16(3)12-20(31)22(21)27-14-28-23;/h4-7,14-16,19-20,26,31H,8-13H2,1-3H3;1H. The van der Waals surface area contributed by atoms with Crippen LogP contribution in [0.3, 0.4) is 0 Å². The molecule has 2 heterocycles. The van der Waals surface area contributed by atoms with Gasteiger partial charge in [-0.25, -0.2) is 9.97 Å². The molecule has 1 aliphatic carbocycles. The maximum absolute atomic E-state index is 13.5. The first-order chi connectivity index (χ1) is 15.3. The van der Waals surface area contributed by atoms with Crippen LogP contribution in [0.1, 0.15) is 62.0 Å². The van der Waals surface area contributed by atoms with E-state index < -0.39 is 6.10 Å². The molecular weight excluding hydrogens is 461 g/mol. The number of fused-ring (bicyclic) bond motifs is 1. The van der Waals surface area contributed by atoms with E-state index in [-0.39, 0.29) is 30.2 Å². The lowest BCUT2D eigenvalue weighted by Gasteiger charge is -2.38. The number of carbonyl (C=O) groups is 1. The molecule has 3 atom stereocenters. The highest BCUT2D eigenvalue weighted by Gasteiger charge is 2.35. The van der Waals surface area contributed by atoms with E-state index in [0.29, 0.717) is 50.2 Å². The number of nitrogens with one attached hydrogen (secondary N) is 1. The first kappa shape index (κ1) is 25.7. The van der Waals surface area contributed by atoms with Gasteiger partial charge in [0.05, 0.1) is 17.7 Å². The van der Waals surface area contributed by atoms with E-state index in [1.807, 2.05) is 29.2 Å². The summed E-state index contributed by atoms with van der Waals surface area (Å²) in [6.07, 6.45) is 1.71. The average molecular weight is 494 g/mol. The lowest BCUT2D eigenvalue weighted by Crippen LogP contribution is -2.51. The minimum Gasteiger partial charge on any atom is -0.387 e. The van der Waals surface area contributed by atoms with Crippen LogP contribution in [-0.2, 0) is 4.79 Å². The Morgan fingerprint density at radius 3 is 2.48 bits per heavy atom. The second-order valence-electron chi connectivity index (χ2n) is 9.13. The molecule has 2 aliphatic rings. The third-order valence-electron chi connectivity index (χ3n) is 6.47. The fourth-order valence-corrected chi connectivity index (χ4v) is 4.84. The van der Waals surface area contributed by atoms with Crippen molar-refractivity contribution in [2.75, 3.05) is 37.6 Å². The number of aliphatic hydroxyl groups excluding tert-OH is 1. The normalized spacial score (nSPS) is 21.0.